The molecule has 4 saturated carbocycles. The maximum absolute atomic E-state index is 12.9. The molecule has 190 valence electrons. The topological polar surface area (TPSA) is 52.6 Å². The number of rotatable bonds is 7. The minimum Gasteiger partial charge on any atom is -0.481 e. The number of aryl methyl sites for hydroxylation is 2. The van der Waals surface area contributed by atoms with E-state index in [9.17, 15) is 9.59 Å². The highest BCUT2D eigenvalue weighted by Crippen LogP contribution is 2.55. The van der Waals surface area contributed by atoms with Gasteiger partial charge >= 0.3 is 5.97 Å². The molecule has 3 aromatic carbocycles. The van der Waals surface area contributed by atoms with Crippen LogP contribution in [-0.2, 0) is 25.2 Å². The van der Waals surface area contributed by atoms with Crippen molar-refractivity contribution in [3.05, 3.63) is 83.9 Å². The third-order valence-electron chi connectivity index (χ3n) is 8.23. The average Bonchev–Trinajstić information content (AvgIpc) is 2.87. The van der Waals surface area contributed by atoms with Crippen LogP contribution in [0.2, 0.25) is 0 Å². The molecule has 5 heteroatoms. The Morgan fingerprint density at radius 2 is 1.38 bits per heavy atom. The van der Waals surface area contributed by atoms with Gasteiger partial charge in [0.05, 0.1) is 10.9 Å². The van der Waals surface area contributed by atoms with Gasteiger partial charge in [0.25, 0.3) is 0 Å². The summed E-state index contributed by atoms with van der Waals surface area (Å²) in [6.07, 6.45) is 4.23. The van der Waals surface area contributed by atoms with Gasteiger partial charge in [0.15, 0.2) is 21.3 Å². The number of carbonyl (C=O) groups is 2. The third kappa shape index (κ3) is 4.70. The lowest BCUT2D eigenvalue weighted by atomic mass is 9.53. The van der Waals surface area contributed by atoms with Crippen LogP contribution in [0, 0.1) is 31.6 Å². The van der Waals surface area contributed by atoms with Crippen LogP contribution in [0.25, 0.3) is 0 Å². The van der Waals surface area contributed by atoms with Crippen LogP contribution < -0.4 is 4.74 Å². The lowest BCUT2D eigenvalue weighted by Gasteiger charge is -2.54. The first-order valence-electron chi connectivity index (χ1n) is 13.2. The molecule has 0 aromatic heterocycles. The Balaban J connectivity index is 1.19. The van der Waals surface area contributed by atoms with Crippen molar-refractivity contribution in [3.63, 3.8) is 0 Å². The van der Waals surface area contributed by atoms with Crippen LogP contribution in [0.4, 0.5) is 0 Å². The maximum Gasteiger partial charge on any atom is 0.344 e. The summed E-state index contributed by atoms with van der Waals surface area (Å²) in [6.45, 7) is 3.97. The smallest absolute Gasteiger partial charge is 0.344 e. The highest BCUT2D eigenvalue weighted by Gasteiger charge is 2.57. The fraction of sp³-hybridized carbons (Fsp3) is 0.375. The predicted octanol–water partition coefficient (Wildman–Crippen LogP) is 6.47. The van der Waals surface area contributed by atoms with E-state index in [1.165, 1.54) is 14.7 Å². The van der Waals surface area contributed by atoms with E-state index in [1.54, 1.807) is 0 Å². The van der Waals surface area contributed by atoms with E-state index >= 15 is 0 Å². The summed E-state index contributed by atoms with van der Waals surface area (Å²) >= 11 is 0. The second kappa shape index (κ2) is 9.68. The minimum absolute atomic E-state index is 0.0833. The Morgan fingerprint density at radius 3 is 1.92 bits per heavy atom. The Kier molecular flexibility index (Phi) is 6.36. The van der Waals surface area contributed by atoms with Crippen molar-refractivity contribution in [2.24, 2.45) is 17.8 Å². The molecule has 0 aliphatic heterocycles. The highest BCUT2D eigenvalue weighted by molar-refractivity contribution is 7.97. The zero-order chi connectivity index (χ0) is 25.6. The SMILES string of the molecule is Cc1cc([S+](c2ccccc2)c2ccccc2)cc(C)c1OCC(=O)OC12CC3CC(C1)C(=O)C(C3)C2. The van der Waals surface area contributed by atoms with Gasteiger partial charge in [0, 0.05) is 24.0 Å². The van der Waals surface area contributed by atoms with Gasteiger partial charge in [-0.2, -0.15) is 0 Å². The van der Waals surface area contributed by atoms with Gasteiger partial charge in [-0.05, 0) is 87.3 Å². The zero-order valence-electron chi connectivity index (χ0n) is 21.4. The van der Waals surface area contributed by atoms with Crippen LogP contribution in [-0.4, -0.2) is 24.0 Å². The highest BCUT2D eigenvalue weighted by atomic mass is 32.2. The van der Waals surface area contributed by atoms with Gasteiger partial charge in [-0.3, -0.25) is 4.79 Å². The molecule has 0 saturated heterocycles. The molecule has 0 N–H and O–H groups in total. The predicted molar refractivity (Wildman–Crippen MR) is 144 cm³/mol. The first-order chi connectivity index (χ1) is 17.9. The summed E-state index contributed by atoms with van der Waals surface area (Å²) in [5, 5.41) is 0. The van der Waals surface area contributed by atoms with Crippen molar-refractivity contribution in [1.82, 2.24) is 0 Å². The first kappa shape index (κ1) is 24.3. The maximum atomic E-state index is 12.9. The van der Waals surface area contributed by atoms with Gasteiger partial charge in [0.1, 0.15) is 17.1 Å². The third-order valence-corrected chi connectivity index (χ3v) is 10.4. The lowest BCUT2D eigenvalue weighted by Crippen LogP contribution is -2.57. The number of hydrogen-bond acceptors (Lipinski definition) is 4. The Hall–Kier alpha value is -3.05. The number of Topliss-reactive ketones (excluding diaryl/α,β-unsaturated/α-hetero) is 1. The number of hydrogen-bond donors (Lipinski definition) is 0. The molecule has 4 bridgehead atoms. The van der Waals surface area contributed by atoms with E-state index in [0.717, 1.165) is 36.1 Å². The fourth-order valence-corrected chi connectivity index (χ4v) is 9.24. The van der Waals surface area contributed by atoms with Crippen molar-refractivity contribution < 1.29 is 19.1 Å². The van der Waals surface area contributed by atoms with E-state index in [1.807, 2.05) is 26.0 Å². The number of ether oxygens (including phenoxy) is 2. The van der Waals surface area contributed by atoms with E-state index in [2.05, 4.69) is 60.7 Å². The molecule has 4 aliphatic carbocycles. The summed E-state index contributed by atoms with van der Waals surface area (Å²) in [5.41, 5.74) is 1.55. The fourth-order valence-electron chi connectivity index (χ4n) is 6.98. The monoisotopic (exact) mass is 513 g/mol. The number of esters is 1. The van der Waals surface area contributed by atoms with E-state index < -0.39 is 5.60 Å². The molecule has 0 heterocycles. The summed E-state index contributed by atoms with van der Waals surface area (Å²) < 4.78 is 12.1. The van der Waals surface area contributed by atoms with Crippen molar-refractivity contribution in [3.8, 4) is 5.75 Å². The summed E-state index contributed by atoms with van der Waals surface area (Å²) in [6, 6.07) is 25.5. The normalized spacial score (nSPS) is 25.9. The van der Waals surface area contributed by atoms with Gasteiger partial charge in [-0.15, -0.1) is 0 Å². The minimum atomic E-state index is -0.460. The molecule has 37 heavy (non-hydrogen) atoms. The van der Waals surface area contributed by atoms with Crippen LogP contribution in [0.1, 0.15) is 43.2 Å². The second-order valence-electron chi connectivity index (χ2n) is 11.0. The second-order valence-corrected chi connectivity index (χ2v) is 13.0. The first-order valence-corrected chi connectivity index (χ1v) is 14.5. The molecule has 4 aliphatic rings. The standard InChI is InChI=1S/C32H33O4S/c1-21-13-28(37(26-9-5-3-6-10-26)27-11-7-4-8-12-27)14-22(2)31(21)35-20-29(33)36-32-17-23-15-24(18-32)30(34)25(16-23)19-32/h3-14,23-25H,15-20H2,1-2H3/q+1. The Labute approximate surface area is 221 Å². The average molecular weight is 514 g/mol. The van der Waals surface area contributed by atoms with Crippen molar-refractivity contribution in [2.45, 2.75) is 66.2 Å². The number of carbonyl (C=O) groups excluding carboxylic acids is 2. The van der Waals surface area contributed by atoms with Crippen molar-refractivity contribution >= 4 is 22.6 Å². The van der Waals surface area contributed by atoms with Gasteiger partial charge in [-0.25, -0.2) is 4.79 Å². The molecule has 2 atom stereocenters. The van der Waals surface area contributed by atoms with Crippen LogP contribution in [0.15, 0.2) is 87.5 Å². The van der Waals surface area contributed by atoms with Crippen LogP contribution >= 0.6 is 0 Å². The summed E-state index contributed by atoms with van der Waals surface area (Å²) in [4.78, 5) is 29.1. The molecular formula is C32H33O4S+. The number of benzene rings is 3. The molecule has 3 aromatic rings. The lowest BCUT2D eigenvalue weighted by molar-refractivity contribution is -0.190. The Morgan fingerprint density at radius 1 is 0.838 bits per heavy atom. The van der Waals surface area contributed by atoms with Crippen LogP contribution in [0.3, 0.4) is 0 Å². The van der Waals surface area contributed by atoms with Gasteiger partial charge in [0.2, 0.25) is 0 Å². The molecule has 2 unspecified atom stereocenters. The largest absolute Gasteiger partial charge is 0.481 e. The number of ketones is 1. The van der Waals surface area contributed by atoms with Crippen molar-refractivity contribution in [2.75, 3.05) is 6.61 Å². The molecule has 4 fully saturated rings. The van der Waals surface area contributed by atoms with E-state index in [0.29, 0.717) is 24.5 Å². The van der Waals surface area contributed by atoms with Crippen LogP contribution in [0.5, 0.6) is 5.75 Å². The van der Waals surface area contributed by atoms with E-state index in [4.69, 9.17) is 9.47 Å². The molecule has 7 rings (SSSR count). The van der Waals surface area contributed by atoms with Gasteiger partial charge < -0.3 is 9.47 Å². The quantitative estimate of drug-likeness (QED) is 0.268. The molecule has 4 nitrogen and oxygen atoms in total. The van der Waals surface area contributed by atoms with Gasteiger partial charge in [-0.1, -0.05) is 36.4 Å². The molecule has 0 spiro atoms. The summed E-state index contributed by atoms with van der Waals surface area (Å²) in [7, 11) is -0.242. The zero-order valence-corrected chi connectivity index (χ0v) is 22.3. The van der Waals surface area contributed by atoms with Crippen molar-refractivity contribution in [1.29, 1.82) is 0 Å². The van der Waals surface area contributed by atoms with E-state index in [-0.39, 0.29) is 35.3 Å². The molecule has 0 amide bonds. The molecule has 0 radical (unpaired) electrons. The Bertz CT molecular complexity index is 1240. The summed E-state index contributed by atoms with van der Waals surface area (Å²) in [5.74, 6) is 1.50. The molecular weight excluding hydrogens is 480 g/mol.